The lowest BCUT2D eigenvalue weighted by atomic mass is 10.1. The van der Waals surface area contributed by atoms with Crippen LogP contribution in [0.3, 0.4) is 0 Å². The van der Waals surface area contributed by atoms with Gasteiger partial charge in [0.25, 0.3) is 0 Å². The van der Waals surface area contributed by atoms with Crippen LogP contribution in [0.1, 0.15) is 33.1 Å². The van der Waals surface area contributed by atoms with Crippen molar-refractivity contribution in [2.75, 3.05) is 12.9 Å². The smallest absolute Gasteiger partial charge is 0.326 e. The molecule has 7 nitrogen and oxygen atoms in total. The molecule has 2 N–H and O–H groups in total. The van der Waals surface area contributed by atoms with E-state index < -0.39 is 39.4 Å². The molecular formula is C17H25NO6S. The van der Waals surface area contributed by atoms with Crippen LogP contribution in [0.4, 0.5) is 0 Å². The molecule has 0 radical (unpaired) electrons. The Labute approximate surface area is 148 Å². The van der Waals surface area contributed by atoms with Crippen LogP contribution in [0, 0.1) is 5.92 Å². The average Bonchev–Trinajstić information content (AvgIpc) is 2.57. The SMILES string of the molecule is CCCCC(NC(=O)C(C)CS(=O)(=O)c1ccc(OC)cc1)C(=O)O. The number of rotatable bonds is 10. The molecule has 0 saturated carbocycles. The van der Waals surface area contributed by atoms with Gasteiger partial charge in [-0.2, -0.15) is 0 Å². The number of unbranched alkanes of at least 4 members (excludes halogenated alkanes) is 1. The predicted octanol–water partition coefficient (Wildman–Crippen LogP) is 1.86. The van der Waals surface area contributed by atoms with Gasteiger partial charge in [0.05, 0.1) is 17.8 Å². The Kier molecular flexibility index (Phi) is 7.89. The molecule has 140 valence electrons. The van der Waals surface area contributed by atoms with Crippen molar-refractivity contribution in [2.24, 2.45) is 5.92 Å². The molecule has 0 aliphatic carbocycles. The van der Waals surface area contributed by atoms with E-state index >= 15 is 0 Å². The maximum Gasteiger partial charge on any atom is 0.326 e. The van der Waals surface area contributed by atoms with Crippen molar-refractivity contribution in [1.82, 2.24) is 5.32 Å². The van der Waals surface area contributed by atoms with Gasteiger partial charge < -0.3 is 15.2 Å². The van der Waals surface area contributed by atoms with Crippen molar-refractivity contribution in [3.63, 3.8) is 0 Å². The molecule has 1 amide bonds. The van der Waals surface area contributed by atoms with Crippen LogP contribution in [0.25, 0.3) is 0 Å². The van der Waals surface area contributed by atoms with Crippen LogP contribution in [-0.4, -0.2) is 44.3 Å². The van der Waals surface area contributed by atoms with Gasteiger partial charge in [-0.1, -0.05) is 26.7 Å². The molecule has 0 aromatic heterocycles. The maximum absolute atomic E-state index is 12.4. The lowest BCUT2D eigenvalue weighted by Crippen LogP contribution is -2.44. The number of ether oxygens (including phenoxy) is 1. The molecule has 0 bridgehead atoms. The van der Waals surface area contributed by atoms with E-state index in [1.54, 1.807) is 0 Å². The number of hydrogen-bond acceptors (Lipinski definition) is 5. The number of nitrogens with one attached hydrogen (secondary N) is 1. The Morgan fingerprint density at radius 2 is 1.84 bits per heavy atom. The number of aliphatic carboxylic acids is 1. The van der Waals surface area contributed by atoms with Gasteiger partial charge in [0, 0.05) is 5.92 Å². The van der Waals surface area contributed by atoms with E-state index in [0.29, 0.717) is 18.6 Å². The molecule has 0 saturated heterocycles. The van der Waals surface area contributed by atoms with E-state index in [1.807, 2.05) is 6.92 Å². The number of carboxylic acids is 1. The highest BCUT2D eigenvalue weighted by Gasteiger charge is 2.27. The average molecular weight is 371 g/mol. The van der Waals surface area contributed by atoms with Crippen LogP contribution in [0.5, 0.6) is 5.75 Å². The fourth-order valence-corrected chi connectivity index (χ4v) is 3.82. The van der Waals surface area contributed by atoms with Gasteiger partial charge in [0.1, 0.15) is 11.8 Å². The molecule has 0 aliphatic rings. The maximum atomic E-state index is 12.4. The highest BCUT2D eigenvalue weighted by molar-refractivity contribution is 7.91. The first-order valence-corrected chi connectivity index (χ1v) is 9.76. The van der Waals surface area contributed by atoms with Gasteiger partial charge in [0.2, 0.25) is 5.91 Å². The monoisotopic (exact) mass is 371 g/mol. The summed E-state index contributed by atoms with van der Waals surface area (Å²) >= 11 is 0. The van der Waals surface area contributed by atoms with Crippen molar-refractivity contribution >= 4 is 21.7 Å². The fourth-order valence-electron chi connectivity index (χ4n) is 2.26. The van der Waals surface area contributed by atoms with E-state index in [-0.39, 0.29) is 4.90 Å². The van der Waals surface area contributed by atoms with Crippen LogP contribution < -0.4 is 10.1 Å². The lowest BCUT2D eigenvalue weighted by molar-refractivity contribution is -0.142. The minimum absolute atomic E-state index is 0.0914. The zero-order valence-corrected chi connectivity index (χ0v) is 15.5. The van der Waals surface area contributed by atoms with Crippen molar-refractivity contribution in [1.29, 1.82) is 0 Å². The first kappa shape index (κ1) is 21.0. The van der Waals surface area contributed by atoms with Crippen molar-refractivity contribution < 1.29 is 27.9 Å². The quantitative estimate of drug-likeness (QED) is 0.650. The summed E-state index contributed by atoms with van der Waals surface area (Å²) in [4.78, 5) is 23.4. The van der Waals surface area contributed by atoms with Gasteiger partial charge >= 0.3 is 5.97 Å². The Morgan fingerprint density at radius 3 is 2.32 bits per heavy atom. The Bertz CT molecular complexity index is 684. The number of carbonyl (C=O) groups excluding carboxylic acids is 1. The van der Waals surface area contributed by atoms with Crippen molar-refractivity contribution in [2.45, 2.75) is 44.0 Å². The summed E-state index contributed by atoms with van der Waals surface area (Å²) in [7, 11) is -2.19. The standard InChI is InChI=1S/C17H25NO6S/c1-4-5-6-15(17(20)21)18-16(19)12(2)11-25(22,23)14-9-7-13(24-3)8-10-14/h7-10,12,15H,4-6,11H2,1-3H3,(H,18,19)(H,20,21). The number of carbonyl (C=O) groups is 2. The molecule has 1 aromatic carbocycles. The number of hydrogen-bond donors (Lipinski definition) is 2. The lowest BCUT2D eigenvalue weighted by Gasteiger charge is -2.18. The summed E-state index contributed by atoms with van der Waals surface area (Å²) in [6.07, 6.45) is 1.78. The minimum Gasteiger partial charge on any atom is -0.497 e. The summed E-state index contributed by atoms with van der Waals surface area (Å²) in [5.41, 5.74) is 0. The van der Waals surface area contributed by atoms with E-state index in [2.05, 4.69) is 5.32 Å². The van der Waals surface area contributed by atoms with Crippen molar-refractivity contribution in [3.05, 3.63) is 24.3 Å². The largest absolute Gasteiger partial charge is 0.497 e. The number of carboxylic acid groups (broad SMARTS) is 1. The van der Waals surface area contributed by atoms with Crippen LogP contribution >= 0.6 is 0 Å². The van der Waals surface area contributed by atoms with E-state index in [1.165, 1.54) is 38.3 Å². The molecule has 1 aromatic rings. The van der Waals surface area contributed by atoms with Crippen LogP contribution in [0.15, 0.2) is 29.2 Å². The third-order valence-electron chi connectivity index (χ3n) is 3.80. The molecule has 25 heavy (non-hydrogen) atoms. The molecule has 2 atom stereocenters. The van der Waals surface area contributed by atoms with Crippen molar-refractivity contribution in [3.8, 4) is 5.75 Å². The molecular weight excluding hydrogens is 346 g/mol. The summed E-state index contributed by atoms with van der Waals surface area (Å²) in [5, 5.41) is 11.6. The highest BCUT2D eigenvalue weighted by atomic mass is 32.2. The third-order valence-corrected chi connectivity index (χ3v) is 5.73. The van der Waals surface area contributed by atoms with Gasteiger partial charge in [-0.25, -0.2) is 13.2 Å². The molecule has 0 aliphatic heterocycles. The highest BCUT2D eigenvalue weighted by Crippen LogP contribution is 2.18. The molecule has 0 heterocycles. The third kappa shape index (κ3) is 6.38. The zero-order valence-electron chi connectivity index (χ0n) is 14.7. The predicted molar refractivity (Wildman–Crippen MR) is 93.3 cm³/mol. The van der Waals surface area contributed by atoms with Gasteiger partial charge in [-0.15, -0.1) is 0 Å². The number of benzene rings is 1. The molecule has 0 fully saturated rings. The van der Waals surface area contributed by atoms with Gasteiger partial charge in [-0.05, 0) is 30.7 Å². The zero-order chi connectivity index (χ0) is 19.0. The Hall–Kier alpha value is -2.09. The Balaban J connectivity index is 2.75. The first-order chi connectivity index (χ1) is 11.7. The first-order valence-electron chi connectivity index (χ1n) is 8.11. The van der Waals surface area contributed by atoms with Gasteiger partial charge in [-0.3, -0.25) is 4.79 Å². The molecule has 2 unspecified atom stereocenters. The number of sulfone groups is 1. The summed E-state index contributed by atoms with van der Waals surface area (Å²) in [6.45, 7) is 3.39. The fraction of sp³-hybridized carbons (Fsp3) is 0.529. The van der Waals surface area contributed by atoms with Gasteiger partial charge in [0.15, 0.2) is 9.84 Å². The summed E-state index contributed by atoms with van der Waals surface area (Å²) < 4.78 is 29.8. The van der Waals surface area contributed by atoms with Crippen LogP contribution in [0.2, 0.25) is 0 Å². The second-order valence-corrected chi connectivity index (χ2v) is 7.93. The minimum atomic E-state index is -3.67. The second kappa shape index (κ2) is 9.41. The molecule has 8 heteroatoms. The number of methoxy groups -OCH3 is 1. The normalized spacial score (nSPS) is 13.7. The number of amides is 1. The second-order valence-electron chi connectivity index (χ2n) is 5.90. The summed E-state index contributed by atoms with van der Waals surface area (Å²) in [5.74, 6) is -2.43. The van der Waals surface area contributed by atoms with E-state index in [0.717, 1.165) is 6.42 Å². The van der Waals surface area contributed by atoms with E-state index in [9.17, 15) is 18.0 Å². The molecule has 1 rings (SSSR count). The molecule has 0 spiro atoms. The van der Waals surface area contributed by atoms with E-state index in [4.69, 9.17) is 9.84 Å². The topological polar surface area (TPSA) is 110 Å². The Morgan fingerprint density at radius 1 is 1.24 bits per heavy atom. The summed E-state index contributed by atoms with van der Waals surface area (Å²) in [6, 6.07) is 4.89. The van der Waals surface area contributed by atoms with Crippen LogP contribution in [-0.2, 0) is 19.4 Å².